The maximum Gasteiger partial charge on any atom is 0.257 e. The monoisotopic (exact) mass is 516 g/mol. The van der Waals surface area contributed by atoms with Crippen LogP contribution in [0.4, 0.5) is 5.69 Å². The zero-order valence-electron chi connectivity index (χ0n) is 17.6. The fraction of sp³-hybridized carbons (Fsp3) is 0.167. The highest BCUT2D eigenvalue weighted by Crippen LogP contribution is 2.40. The lowest BCUT2D eigenvalue weighted by Crippen LogP contribution is -2.34. The topological polar surface area (TPSA) is 50.4 Å². The summed E-state index contributed by atoms with van der Waals surface area (Å²) in [5, 5.41) is 6.48. The van der Waals surface area contributed by atoms with Crippen LogP contribution in [0.1, 0.15) is 32.6 Å². The van der Waals surface area contributed by atoms with Crippen LogP contribution < -0.4 is 15.4 Å². The maximum absolute atomic E-state index is 12.5. The minimum atomic E-state index is -0.262. The Hall–Kier alpha value is -2.41. The Balaban J connectivity index is 1.79. The Labute approximate surface area is 201 Å². The molecule has 0 fully saturated rings. The van der Waals surface area contributed by atoms with Crippen molar-refractivity contribution in [2.45, 2.75) is 27.7 Å². The highest BCUT2D eigenvalue weighted by molar-refractivity contribution is 9.10. The predicted octanol–water partition coefficient (Wildman–Crippen LogP) is 7.26. The minimum absolute atomic E-state index is 0.198. The molecule has 0 radical (unpaired) electrons. The van der Waals surface area contributed by atoms with Gasteiger partial charge in [0.2, 0.25) is 0 Å². The number of aryl methyl sites for hydroxylation is 3. The van der Waals surface area contributed by atoms with Crippen LogP contribution in [0.15, 0.2) is 53.0 Å². The third-order valence-electron chi connectivity index (χ3n) is 4.87. The van der Waals surface area contributed by atoms with Gasteiger partial charge in [-0.25, -0.2) is 0 Å². The molecule has 31 heavy (non-hydrogen) atoms. The first-order chi connectivity index (χ1) is 14.7. The zero-order chi connectivity index (χ0) is 22.7. The second-order valence-electron chi connectivity index (χ2n) is 7.24. The number of amides is 1. The molecule has 0 saturated carbocycles. The van der Waals surface area contributed by atoms with Crippen molar-refractivity contribution in [3.8, 4) is 11.5 Å². The number of rotatable bonds is 4. The van der Waals surface area contributed by atoms with E-state index in [4.69, 9.17) is 28.6 Å². The number of thiocarbonyl (C=S) groups is 1. The highest BCUT2D eigenvalue weighted by Gasteiger charge is 2.17. The normalized spacial score (nSPS) is 10.5. The molecule has 0 aliphatic carbocycles. The van der Waals surface area contributed by atoms with E-state index in [0.29, 0.717) is 22.0 Å². The van der Waals surface area contributed by atoms with Crippen molar-refractivity contribution in [2.75, 3.05) is 5.32 Å². The number of benzene rings is 3. The average molecular weight is 518 g/mol. The van der Waals surface area contributed by atoms with Gasteiger partial charge in [0.15, 0.2) is 5.11 Å². The zero-order valence-corrected chi connectivity index (χ0v) is 20.8. The van der Waals surface area contributed by atoms with Crippen LogP contribution in [0.5, 0.6) is 11.5 Å². The highest BCUT2D eigenvalue weighted by atomic mass is 79.9. The average Bonchev–Trinajstić information content (AvgIpc) is 2.70. The first-order valence-corrected chi connectivity index (χ1v) is 11.2. The van der Waals surface area contributed by atoms with Gasteiger partial charge in [-0.2, -0.15) is 0 Å². The summed E-state index contributed by atoms with van der Waals surface area (Å²) in [5.41, 5.74) is 4.76. The van der Waals surface area contributed by atoms with Crippen LogP contribution in [-0.2, 0) is 0 Å². The molecule has 0 bridgehead atoms. The van der Waals surface area contributed by atoms with Crippen LogP contribution in [0, 0.1) is 27.7 Å². The molecule has 3 aromatic carbocycles. The van der Waals surface area contributed by atoms with E-state index in [9.17, 15) is 4.79 Å². The van der Waals surface area contributed by atoms with E-state index in [2.05, 4.69) is 26.6 Å². The van der Waals surface area contributed by atoms with Crippen LogP contribution in [0.25, 0.3) is 0 Å². The number of ether oxygens (including phenoxy) is 1. The van der Waals surface area contributed by atoms with Crippen LogP contribution in [0.2, 0.25) is 5.02 Å². The van der Waals surface area contributed by atoms with Gasteiger partial charge in [-0.15, -0.1) is 0 Å². The quantitative estimate of drug-likeness (QED) is 0.358. The number of nitrogens with one attached hydrogen (secondary N) is 2. The molecule has 0 aliphatic rings. The van der Waals surface area contributed by atoms with E-state index in [-0.39, 0.29) is 11.0 Å². The Bertz CT molecular complexity index is 1180. The van der Waals surface area contributed by atoms with E-state index >= 15 is 0 Å². The summed E-state index contributed by atoms with van der Waals surface area (Å²) in [5.74, 6) is 1.06. The van der Waals surface area contributed by atoms with Crippen molar-refractivity contribution >= 4 is 56.5 Å². The van der Waals surface area contributed by atoms with Crippen LogP contribution in [0.3, 0.4) is 0 Å². The minimum Gasteiger partial charge on any atom is -0.455 e. The van der Waals surface area contributed by atoms with Gasteiger partial charge in [0.1, 0.15) is 11.5 Å². The first-order valence-electron chi connectivity index (χ1n) is 9.59. The predicted molar refractivity (Wildman–Crippen MR) is 135 cm³/mol. The van der Waals surface area contributed by atoms with E-state index < -0.39 is 0 Å². The molecule has 0 heterocycles. The van der Waals surface area contributed by atoms with Crippen LogP contribution >= 0.6 is 39.7 Å². The smallest absolute Gasteiger partial charge is 0.257 e. The standard InChI is InChI=1S/C24H22BrClN2O2S/c1-13-7-5-6-8-18(13)23(29)28-24(31)27-19-12-15(3)22(21(26)16(19)4)30-20-10-9-17(25)11-14(20)2/h5-12H,1-4H3,(H2,27,28,29,31). The van der Waals surface area contributed by atoms with Crippen molar-refractivity contribution in [2.24, 2.45) is 0 Å². The summed E-state index contributed by atoms with van der Waals surface area (Å²) in [6.45, 7) is 7.64. The van der Waals surface area contributed by atoms with Gasteiger partial charge in [-0.3, -0.25) is 10.1 Å². The van der Waals surface area contributed by atoms with Crippen molar-refractivity contribution in [1.82, 2.24) is 5.32 Å². The van der Waals surface area contributed by atoms with Gasteiger partial charge in [0.25, 0.3) is 5.91 Å². The van der Waals surface area contributed by atoms with Crippen molar-refractivity contribution in [3.63, 3.8) is 0 Å². The van der Waals surface area contributed by atoms with E-state index in [1.165, 1.54) is 0 Å². The van der Waals surface area contributed by atoms with Gasteiger partial charge >= 0.3 is 0 Å². The molecular formula is C24H22BrClN2O2S. The van der Waals surface area contributed by atoms with Gasteiger partial charge in [-0.1, -0.05) is 45.7 Å². The Kier molecular flexibility index (Phi) is 7.36. The third-order valence-corrected chi connectivity index (χ3v) is 6.02. The largest absolute Gasteiger partial charge is 0.455 e. The number of hydrogen-bond donors (Lipinski definition) is 2. The fourth-order valence-corrected chi connectivity index (χ4v) is 4.06. The van der Waals surface area contributed by atoms with E-state index in [1.807, 2.05) is 70.2 Å². The Morgan fingerprint density at radius 2 is 1.71 bits per heavy atom. The molecule has 7 heteroatoms. The number of halogens is 2. The molecule has 0 saturated heterocycles. The summed E-state index contributed by atoms with van der Waals surface area (Å²) in [6.07, 6.45) is 0. The molecule has 0 unspecified atom stereocenters. The Morgan fingerprint density at radius 3 is 2.39 bits per heavy atom. The summed E-state index contributed by atoms with van der Waals surface area (Å²) < 4.78 is 7.10. The number of hydrogen-bond acceptors (Lipinski definition) is 3. The van der Waals surface area contributed by atoms with Gasteiger partial charge in [0, 0.05) is 15.7 Å². The second-order valence-corrected chi connectivity index (χ2v) is 8.95. The summed E-state index contributed by atoms with van der Waals surface area (Å²) >= 11 is 15.4. The fourth-order valence-electron chi connectivity index (χ4n) is 3.10. The summed E-state index contributed by atoms with van der Waals surface area (Å²) in [7, 11) is 0. The van der Waals surface area contributed by atoms with Crippen molar-refractivity contribution < 1.29 is 9.53 Å². The summed E-state index contributed by atoms with van der Waals surface area (Å²) in [6, 6.07) is 15.0. The van der Waals surface area contributed by atoms with E-state index in [0.717, 1.165) is 32.5 Å². The molecule has 0 atom stereocenters. The number of anilines is 1. The Morgan fingerprint density at radius 1 is 1.00 bits per heavy atom. The molecular weight excluding hydrogens is 496 g/mol. The molecule has 1 amide bonds. The number of carbonyl (C=O) groups excluding carboxylic acids is 1. The molecule has 3 rings (SSSR count). The SMILES string of the molecule is Cc1cc(Br)ccc1Oc1c(C)cc(NC(=S)NC(=O)c2ccccc2C)c(C)c1Cl. The van der Waals surface area contributed by atoms with Gasteiger partial charge in [0.05, 0.1) is 5.02 Å². The molecule has 3 aromatic rings. The first kappa shape index (κ1) is 23.3. The van der Waals surface area contributed by atoms with Gasteiger partial charge in [-0.05, 0) is 92.5 Å². The number of carbonyl (C=O) groups is 1. The molecule has 2 N–H and O–H groups in total. The molecule has 160 valence electrons. The van der Waals surface area contributed by atoms with Crippen LogP contribution in [-0.4, -0.2) is 11.0 Å². The lowest BCUT2D eigenvalue weighted by molar-refractivity contribution is 0.0977. The third kappa shape index (κ3) is 5.45. The van der Waals surface area contributed by atoms with E-state index in [1.54, 1.807) is 6.07 Å². The molecule has 0 aromatic heterocycles. The second kappa shape index (κ2) is 9.81. The molecule has 4 nitrogen and oxygen atoms in total. The van der Waals surface area contributed by atoms with Crippen molar-refractivity contribution in [1.29, 1.82) is 0 Å². The lowest BCUT2D eigenvalue weighted by Gasteiger charge is -2.18. The summed E-state index contributed by atoms with van der Waals surface area (Å²) in [4.78, 5) is 12.5. The lowest BCUT2D eigenvalue weighted by atomic mass is 10.1. The molecule has 0 aliphatic heterocycles. The van der Waals surface area contributed by atoms with Gasteiger partial charge < -0.3 is 10.1 Å². The van der Waals surface area contributed by atoms with Crippen molar-refractivity contribution in [3.05, 3.63) is 85.8 Å². The maximum atomic E-state index is 12.5. The molecule has 0 spiro atoms.